The van der Waals surface area contributed by atoms with E-state index in [4.69, 9.17) is 0 Å². The highest BCUT2D eigenvalue weighted by Gasteiger charge is 2.11. The van der Waals surface area contributed by atoms with Gasteiger partial charge in [-0.15, -0.1) is 0 Å². The van der Waals surface area contributed by atoms with E-state index in [9.17, 15) is 13.6 Å². The molecule has 0 saturated carbocycles. The molecule has 1 unspecified atom stereocenters. The molecule has 0 bridgehead atoms. The van der Waals surface area contributed by atoms with E-state index in [-0.39, 0.29) is 11.6 Å². The van der Waals surface area contributed by atoms with Crippen LogP contribution in [0.2, 0.25) is 0 Å². The van der Waals surface area contributed by atoms with Crippen molar-refractivity contribution < 1.29 is 13.6 Å². The molecule has 0 fully saturated rings. The summed E-state index contributed by atoms with van der Waals surface area (Å²) in [6, 6.07) is 2.77. The molecule has 0 radical (unpaired) electrons. The topological polar surface area (TPSA) is 29.1 Å². The van der Waals surface area contributed by atoms with Crippen molar-refractivity contribution in [2.45, 2.75) is 25.8 Å². The third-order valence-corrected chi connectivity index (χ3v) is 2.83. The van der Waals surface area contributed by atoms with Crippen molar-refractivity contribution in [1.29, 1.82) is 0 Å². The van der Waals surface area contributed by atoms with E-state index in [1.54, 1.807) is 0 Å². The highest BCUT2D eigenvalue weighted by molar-refractivity contribution is 9.09. The van der Waals surface area contributed by atoms with Crippen LogP contribution in [0.15, 0.2) is 18.2 Å². The summed E-state index contributed by atoms with van der Waals surface area (Å²) < 4.78 is 25.8. The van der Waals surface area contributed by atoms with Crippen LogP contribution in [-0.4, -0.2) is 17.3 Å². The molecule has 1 atom stereocenters. The molecule has 0 aliphatic carbocycles. The molecule has 2 nitrogen and oxygen atoms in total. The van der Waals surface area contributed by atoms with Gasteiger partial charge in [-0.1, -0.05) is 15.9 Å². The second-order valence-corrected chi connectivity index (χ2v) is 4.66. The molecular weight excluding hydrogens is 292 g/mol. The van der Waals surface area contributed by atoms with Gasteiger partial charge in [-0.2, -0.15) is 0 Å². The van der Waals surface area contributed by atoms with E-state index in [2.05, 4.69) is 21.2 Å². The van der Waals surface area contributed by atoms with Crippen molar-refractivity contribution in [2.24, 2.45) is 0 Å². The third-order valence-electron chi connectivity index (χ3n) is 2.27. The first kappa shape index (κ1) is 14.1. The predicted molar refractivity (Wildman–Crippen MR) is 66.3 cm³/mol. The van der Waals surface area contributed by atoms with Gasteiger partial charge < -0.3 is 5.32 Å². The van der Waals surface area contributed by atoms with Gasteiger partial charge in [0.05, 0.1) is 0 Å². The minimum Gasteiger partial charge on any atom is -0.350 e. The number of carbonyl (C=O) groups is 1. The number of hydrogen-bond acceptors (Lipinski definition) is 1. The summed E-state index contributed by atoms with van der Waals surface area (Å²) in [4.78, 5) is 11.7. The van der Waals surface area contributed by atoms with E-state index >= 15 is 0 Å². The van der Waals surface area contributed by atoms with Gasteiger partial charge in [0.2, 0.25) is 0 Å². The maximum absolute atomic E-state index is 12.9. The van der Waals surface area contributed by atoms with Crippen LogP contribution >= 0.6 is 15.9 Å². The molecule has 1 amide bonds. The summed E-state index contributed by atoms with van der Waals surface area (Å²) >= 11 is 3.30. The lowest BCUT2D eigenvalue weighted by molar-refractivity contribution is 0.0937. The zero-order chi connectivity index (χ0) is 12.8. The molecule has 0 heterocycles. The minimum absolute atomic E-state index is 0.00759. The van der Waals surface area contributed by atoms with Crippen LogP contribution in [0.5, 0.6) is 0 Å². The summed E-state index contributed by atoms with van der Waals surface area (Å²) in [5, 5.41) is 3.56. The Hall–Kier alpha value is -0.970. The summed E-state index contributed by atoms with van der Waals surface area (Å²) in [7, 11) is 0. The van der Waals surface area contributed by atoms with Crippen molar-refractivity contribution in [2.75, 3.05) is 5.33 Å². The Morgan fingerprint density at radius 2 is 1.94 bits per heavy atom. The maximum atomic E-state index is 12.9. The average Bonchev–Trinajstić information content (AvgIpc) is 2.25. The molecule has 1 N–H and O–H groups in total. The lowest BCUT2D eigenvalue weighted by Gasteiger charge is -2.13. The van der Waals surface area contributed by atoms with E-state index in [1.165, 1.54) is 0 Å². The normalized spacial score (nSPS) is 12.2. The maximum Gasteiger partial charge on any atom is 0.251 e. The fourth-order valence-electron chi connectivity index (χ4n) is 1.45. The number of carbonyl (C=O) groups excluding carboxylic acids is 1. The van der Waals surface area contributed by atoms with E-state index in [1.807, 2.05) is 6.92 Å². The lowest BCUT2D eigenvalue weighted by atomic mass is 10.1. The molecular formula is C12H14BrF2NO. The Balaban J connectivity index is 2.63. The molecule has 0 aromatic heterocycles. The zero-order valence-electron chi connectivity index (χ0n) is 9.47. The van der Waals surface area contributed by atoms with Crippen LogP contribution < -0.4 is 5.32 Å². The largest absolute Gasteiger partial charge is 0.350 e. The molecule has 17 heavy (non-hydrogen) atoms. The second-order valence-electron chi connectivity index (χ2n) is 3.86. The standard InChI is InChI=1S/C12H14BrF2NO/c1-8(3-2-4-13)16-12(17)9-5-10(14)7-11(15)6-9/h5-8H,2-4H2,1H3,(H,16,17). The summed E-state index contributed by atoms with van der Waals surface area (Å²) in [6.07, 6.45) is 1.74. The number of hydrogen-bond donors (Lipinski definition) is 1. The van der Waals surface area contributed by atoms with Crippen molar-refractivity contribution in [3.05, 3.63) is 35.4 Å². The number of nitrogens with one attached hydrogen (secondary N) is 1. The number of halogens is 3. The minimum atomic E-state index is -0.747. The monoisotopic (exact) mass is 305 g/mol. The quantitative estimate of drug-likeness (QED) is 0.831. The zero-order valence-corrected chi connectivity index (χ0v) is 11.1. The van der Waals surface area contributed by atoms with Gasteiger partial charge in [0.1, 0.15) is 11.6 Å². The van der Waals surface area contributed by atoms with Gasteiger partial charge in [0, 0.05) is 23.0 Å². The van der Waals surface area contributed by atoms with E-state index < -0.39 is 17.5 Å². The first-order chi connectivity index (χ1) is 8.02. The molecule has 0 aliphatic rings. The Bertz CT molecular complexity index is 378. The Morgan fingerprint density at radius 1 is 1.35 bits per heavy atom. The third kappa shape index (κ3) is 4.81. The lowest BCUT2D eigenvalue weighted by Crippen LogP contribution is -2.32. The summed E-state index contributed by atoms with van der Waals surface area (Å²) in [5.74, 6) is -1.95. The fourth-order valence-corrected chi connectivity index (χ4v) is 1.77. The van der Waals surface area contributed by atoms with Crippen LogP contribution in [0, 0.1) is 11.6 Å². The highest BCUT2D eigenvalue weighted by atomic mass is 79.9. The number of alkyl halides is 1. The molecule has 1 rings (SSSR count). The van der Waals surface area contributed by atoms with Crippen LogP contribution in [0.25, 0.3) is 0 Å². The second kappa shape index (κ2) is 6.69. The van der Waals surface area contributed by atoms with Crippen LogP contribution in [0.3, 0.4) is 0 Å². The summed E-state index contributed by atoms with van der Waals surface area (Å²) in [5.41, 5.74) is 0.00759. The van der Waals surface area contributed by atoms with Gasteiger partial charge in [0.15, 0.2) is 0 Å². The Kier molecular flexibility index (Phi) is 5.55. The SMILES string of the molecule is CC(CCCBr)NC(=O)c1cc(F)cc(F)c1. The van der Waals surface area contributed by atoms with Gasteiger partial charge in [-0.25, -0.2) is 8.78 Å². The van der Waals surface area contributed by atoms with Crippen molar-refractivity contribution in [1.82, 2.24) is 5.32 Å². The molecule has 1 aromatic carbocycles. The van der Waals surface area contributed by atoms with Crippen molar-refractivity contribution in [3.63, 3.8) is 0 Å². The number of rotatable bonds is 5. The molecule has 94 valence electrons. The van der Waals surface area contributed by atoms with Crippen LogP contribution in [0.4, 0.5) is 8.78 Å². The van der Waals surface area contributed by atoms with Gasteiger partial charge >= 0.3 is 0 Å². The number of amides is 1. The van der Waals surface area contributed by atoms with Crippen molar-refractivity contribution >= 4 is 21.8 Å². The van der Waals surface area contributed by atoms with E-state index in [0.29, 0.717) is 0 Å². The molecule has 0 saturated heterocycles. The van der Waals surface area contributed by atoms with Crippen LogP contribution in [0.1, 0.15) is 30.1 Å². The van der Waals surface area contributed by atoms with Crippen LogP contribution in [-0.2, 0) is 0 Å². The predicted octanol–water partition coefficient (Wildman–Crippen LogP) is 3.26. The van der Waals surface area contributed by atoms with Gasteiger partial charge in [-0.3, -0.25) is 4.79 Å². The highest BCUT2D eigenvalue weighted by Crippen LogP contribution is 2.08. The molecule has 5 heteroatoms. The number of benzene rings is 1. The molecule has 0 aliphatic heterocycles. The first-order valence-electron chi connectivity index (χ1n) is 5.36. The van der Waals surface area contributed by atoms with E-state index in [0.717, 1.165) is 36.4 Å². The Labute approximate surface area is 108 Å². The summed E-state index contributed by atoms with van der Waals surface area (Å²) in [6.45, 7) is 1.86. The van der Waals surface area contributed by atoms with Crippen molar-refractivity contribution in [3.8, 4) is 0 Å². The first-order valence-corrected chi connectivity index (χ1v) is 6.48. The Morgan fingerprint density at radius 3 is 2.47 bits per heavy atom. The van der Waals surface area contributed by atoms with Gasteiger partial charge in [-0.05, 0) is 31.9 Å². The smallest absolute Gasteiger partial charge is 0.251 e. The van der Waals surface area contributed by atoms with Gasteiger partial charge in [0.25, 0.3) is 5.91 Å². The molecule has 1 aromatic rings. The molecule has 0 spiro atoms. The fraction of sp³-hybridized carbons (Fsp3) is 0.417. The average molecular weight is 306 g/mol.